The molecule has 1 aliphatic carbocycles. The Bertz CT molecular complexity index is 699. The van der Waals surface area contributed by atoms with Crippen LogP contribution < -0.4 is 21.5 Å². The van der Waals surface area contributed by atoms with Crippen LogP contribution in [0.25, 0.3) is 0 Å². The summed E-state index contributed by atoms with van der Waals surface area (Å²) in [5.41, 5.74) is 6.24. The van der Waals surface area contributed by atoms with Crippen LogP contribution in [0.1, 0.15) is 49.4 Å². The molecule has 0 aromatic heterocycles. The normalized spacial score (nSPS) is 18.9. The highest BCUT2D eigenvalue weighted by Gasteiger charge is 2.21. The molecule has 0 bridgehead atoms. The summed E-state index contributed by atoms with van der Waals surface area (Å²) in [6.07, 6.45) is 4.49. The molecule has 26 heavy (non-hydrogen) atoms. The fraction of sp³-hybridized carbons (Fsp3) is 0.444. The molecule has 0 heterocycles. The molecule has 2 atom stereocenters. The van der Waals surface area contributed by atoms with Crippen LogP contribution in [-0.2, 0) is 4.79 Å². The molecule has 4 N–H and O–H groups in total. The van der Waals surface area contributed by atoms with Crippen molar-refractivity contribution in [3.05, 3.63) is 29.8 Å². The van der Waals surface area contributed by atoms with Gasteiger partial charge in [-0.3, -0.25) is 20.4 Å². The second kappa shape index (κ2) is 9.73. The lowest BCUT2D eigenvalue weighted by atomic mass is 9.86. The maximum absolute atomic E-state index is 12.2. The van der Waals surface area contributed by atoms with Gasteiger partial charge in [0.25, 0.3) is 5.91 Å². The quantitative estimate of drug-likeness (QED) is 0.476. The number of hydrogen-bond acceptors (Lipinski definition) is 4. The molecule has 0 spiro atoms. The van der Waals surface area contributed by atoms with Gasteiger partial charge in [0.15, 0.2) is 5.11 Å². The molecule has 0 aliphatic heterocycles. The first-order valence-electron chi connectivity index (χ1n) is 8.63. The van der Waals surface area contributed by atoms with Crippen LogP contribution in [0.3, 0.4) is 0 Å². The van der Waals surface area contributed by atoms with Crippen molar-refractivity contribution >= 4 is 34.8 Å². The highest BCUT2D eigenvalue weighted by Crippen LogP contribution is 2.23. The number of hydrogen-bond donors (Lipinski definition) is 4. The lowest BCUT2D eigenvalue weighted by Crippen LogP contribution is -2.51. The van der Waals surface area contributed by atoms with Gasteiger partial charge in [-0.25, -0.2) is 0 Å². The van der Waals surface area contributed by atoms with Gasteiger partial charge in [-0.15, -0.1) is 0 Å². The molecular formula is C18H23N5O2S. The van der Waals surface area contributed by atoms with E-state index in [1.54, 1.807) is 30.3 Å². The van der Waals surface area contributed by atoms with Crippen molar-refractivity contribution in [1.29, 1.82) is 5.26 Å². The van der Waals surface area contributed by atoms with Gasteiger partial charge in [0.05, 0.1) is 6.07 Å². The number of nitrogens with one attached hydrogen (secondary N) is 4. The van der Waals surface area contributed by atoms with Crippen molar-refractivity contribution < 1.29 is 9.59 Å². The van der Waals surface area contributed by atoms with Crippen molar-refractivity contribution in [2.24, 2.45) is 5.92 Å². The number of rotatable bonds is 4. The van der Waals surface area contributed by atoms with Crippen LogP contribution in [0.15, 0.2) is 24.3 Å². The van der Waals surface area contributed by atoms with Crippen molar-refractivity contribution in [3.8, 4) is 6.07 Å². The van der Waals surface area contributed by atoms with Gasteiger partial charge in [-0.05, 0) is 55.2 Å². The van der Waals surface area contributed by atoms with E-state index < -0.39 is 0 Å². The Balaban J connectivity index is 1.79. The largest absolute Gasteiger partial charge is 0.358 e. The SMILES string of the molecule is C[C@@H]1CCCC[C@@H]1NC(=S)NNC(=O)c1ccc(NC(=O)CC#N)cc1. The highest BCUT2D eigenvalue weighted by molar-refractivity contribution is 7.80. The van der Waals surface area contributed by atoms with Crippen LogP contribution in [0.5, 0.6) is 0 Å². The molecule has 138 valence electrons. The summed E-state index contributed by atoms with van der Waals surface area (Å²) in [4.78, 5) is 23.5. The van der Waals surface area contributed by atoms with Crippen LogP contribution in [0.4, 0.5) is 5.69 Å². The van der Waals surface area contributed by atoms with E-state index in [2.05, 4.69) is 28.4 Å². The first kappa shape index (κ1) is 19.7. The van der Waals surface area contributed by atoms with Crippen LogP contribution in [0.2, 0.25) is 0 Å². The van der Waals surface area contributed by atoms with E-state index >= 15 is 0 Å². The number of carbonyl (C=O) groups excluding carboxylic acids is 2. The molecule has 1 saturated carbocycles. The van der Waals surface area contributed by atoms with Gasteiger partial charge in [-0.1, -0.05) is 19.8 Å². The predicted octanol–water partition coefficient (Wildman–Crippen LogP) is 2.23. The maximum atomic E-state index is 12.2. The molecule has 8 heteroatoms. The van der Waals surface area contributed by atoms with Gasteiger partial charge in [0, 0.05) is 17.3 Å². The summed E-state index contributed by atoms with van der Waals surface area (Å²) in [6.45, 7) is 2.20. The van der Waals surface area contributed by atoms with Gasteiger partial charge in [0.2, 0.25) is 5.91 Å². The van der Waals surface area contributed by atoms with Crippen molar-refractivity contribution in [2.75, 3.05) is 5.32 Å². The van der Waals surface area contributed by atoms with E-state index in [-0.39, 0.29) is 18.2 Å². The second-order valence-corrected chi connectivity index (χ2v) is 6.79. The fourth-order valence-corrected chi connectivity index (χ4v) is 3.11. The average Bonchev–Trinajstić information content (AvgIpc) is 2.62. The number of benzene rings is 1. The van der Waals surface area contributed by atoms with Gasteiger partial charge < -0.3 is 10.6 Å². The molecule has 1 fully saturated rings. The van der Waals surface area contributed by atoms with E-state index in [0.717, 1.165) is 6.42 Å². The standard InChI is InChI=1S/C18H23N5O2S/c1-12-4-2-3-5-15(12)21-18(26)23-22-17(25)13-6-8-14(9-7-13)20-16(24)10-11-19/h6-9,12,15H,2-5,10H2,1H3,(H,20,24)(H,22,25)(H2,21,23,26)/t12-,15+/m1/s1. The van der Waals surface area contributed by atoms with E-state index in [0.29, 0.717) is 28.3 Å². The predicted molar refractivity (Wildman–Crippen MR) is 103 cm³/mol. The van der Waals surface area contributed by atoms with Crippen LogP contribution in [-0.4, -0.2) is 23.0 Å². The monoisotopic (exact) mass is 373 g/mol. The van der Waals surface area contributed by atoms with Gasteiger partial charge in [0.1, 0.15) is 6.42 Å². The Kier molecular flexibility index (Phi) is 7.36. The highest BCUT2D eigenvalue weighted by atomic mass is 32.1. The number of carbonyl (C=O) groups is 2. The Hall–Kier alpha value is -2.66. The van der Waals surface area contributed by atoms with E-state index in [1.165, 1.54) is 19.3 Å². The van der Waals surface area contributed by atoms with Gasteiger partial charge in [-0.2, -0.15) is 5.26 Å². The Labute approximate surface area is 158 Å². The Morgan fingerprint density at radius 3 is 2.54 bits per heavy atom. The number of nitriles is 1. The van der Waals surface area contributed by atoms with E-state index in [1.807, 2.05) is 0 Å². The first-order chi connectivity index (χ1) is 12.5. The maximum Gasteiger partial charge on any atom is 0.269 e. The van der Waals surface area contributed by atoms with Crippen LogP contribution in [0, 0.1) is 17.2 Å². The summed E-state index contributed by atoms with van der Waals surface area (Å²) in [6, 6.07) is 8.47. The molecule has 7 nitrogen and oxygen atoms in total. The summed E-state index contributed by atoms with van der Waals surface area (Å²) >= 11 is 5.24. The molecule has 0 radical (unpaired) electrons. The zero-order valence-corrected chi connectivity index (χ0v) is 15.5. The Morgan fingerprint density at radius 2 is 1.88 bits per heavy atom. The number of hydrazine groups is 1. The third kappa shape index (κ3) is 6.01. The molecule has 2 rings (SSSR count). The lowest BCUT2D eigenvalue weighted by molar-refractivity contribution is -0.115. The molecular weight excluding hydrogens is 350 g/mol. The van der Waals surface area contributed by atoms with E-state index in [9.17, 15) is 9.59 Å². The summed E-state index contributed by atoms with van der Waals surface area (Å²) in [5, 5.41) is 14.7. The molecule has 2 amide bonds. The third-order valence-corrected chi connectivity index (χ3v) is 4.61. The first-order valence-corrected chi connectivity index (χ1v) is 9.04. The molecule has 1 aromatic carbocycles. The second-order valence-electron chi connectivity index (χ2n) is 6.38. The summed E-state index contributed by atoms with van der Waals surface area (Å²) < 4.78 is 0. The number of anilines is 1. The zero-order valence-electron chi connectivity index (χ0n) is 14.7. The van der Waals surface area contributed by atoms with Gasteiger partial charge >= 0.3 is 0 Å². The minimum atomic E-state index is -0.389. The minimum Gasteiger partial charge on any atom is -0.358 e. The summed E-state index contributed by atoms with van der Waals surface area (Å²) in [5.74, 6) is -0.163. The molecule has 0 saturated heterocycles. The molecule has 1 aromatic rings. The Morgan fingerprint density at radius 1 is 1.19 bits per heavy atom. The fourth-order valence-electron chi connectivity index (χ4n) is 2.90. The summed E-state index contributed by atoms with van der Waals surface area (Å²) in [7, 11) is 0. The van der Waals surface area contributed by atoms with Crippen LogP contribution >= 0.6 is 12.2 Å². The lowest BCUT2D eigenvalue weighted by Gasteiger charge is -2.30. The van der Waals surface area contributed by atoms with Crippen molar-refractivity contribution in [1.82, 2.24) is 16.2 Å². The molecule has 1 aliphatic rings. The minimum absolute atomic E-state index is 0.212. The van der Waals surface area contributed by atoms with Crippen molar-refractivity contribution in [3.63, 3.8) is 0 Å². The smallest absolute Gasteiger partial charge is 0.269 e. The zero-order chi connectivity index (χ0) is 18.9. The number of amides is 2. The van der Waals surface area contributed by atoms with Crippen molar-refractivity contribution in [2.45, 2.75) is 45.1 Å². The number of thiocarbonyl (C=S) groups is 1. The number of nitrogens with zero attached hydrogens (tertiary/aromatic N) is 1. The third-order valence-electron chi connectivity index (χ3n) is 4.39. The molecule has 0 unspecified atom stereocenters. The van der Waals surface area contributed by atoms with E-state index in [4.69, 9.17) is 17.5 Å². The topological polar surface area (TPSA) is 106 Å². The average molecular weight is 373 g/mol.